The molecule has 1 aromatic heterocycles. The minimum absolute atomic E-state index is 0.0853. The largest absolute Gasteiger partial charge is 0.481 e. The number of nitrogens with zero attached hydrogens (tertiary/aromatic N) is 3. The summed E-state index contributed by atoms with van der Waals surface area (Å²) in [5.74, 6) is 0.527. The fourth-order valence-electron chi connectivity index (χ4n) is 3.38. The van der Waals surface area contributed by atoms with Crippen molar-refractivity contribution in [3.8, 4) is 5.75 Å². The van der Waals surface area contributed by atoms with Crippen LogP contribution in [0.15, 0.2) is 58.9 Å². The summed E-state index contributed by atoms with van der Waals surface area (Å²) >= 11 is 0. The predicted molar refractivity (Wildman–Crippen MR) is 118 cm³/mol. The number of aromatic nitrogens is 2. The first-order valence-electron chi connectivity index (χ1n) is 10.1. The van der Waals surface area contributed by atoms with Gasteiger partial charge in [0.15, 0.2) is 6.10 Å². The maximum Gasteiger partial charge on any atom is 0.260 e. The number of benzene rings is 2. The Morgan fingerprint density at radius 2 is 1.93 bits per heavy atom. The Morgan fingerprint density at radius 3 is 2.70 bits per heavy atom. The summed E-state index contributed by atoms with van der Waals surface area (Å²) in [5, 5.41) is 19.7. The van der Waals surface area contributed by atoms with Gasteiger partial charge in [0.2, 0.25) is 0 Å². The molecule has 2 heterocycles. The molecule has 0 radical (unpaired) electrons. The number of aromatic amines is 1. The summed E-state index contributed by atoms with van der Waals surface area (Å²) in [5.41, 5.74) is 5.20. The van der Waals surface area contributed by atoms with E-state index in [1.807, 2.05) is 50.4 Å². The van der Waals surface area contributed by atoms with Gasteiger partial charge in [-0.1, -0.05) is 6.07 Å². The lowest BCUT2D eigenvalue weighted by Crippen LogP contribution is -2.40. The molecule has 7 nitrogen and oxygen atoms in total. The third-order valence-electron chi connectivity index (χ3n) is 4.90. The molecule has 0 saturated heterocycles. The van der Waals surface area contributed by atoms with Crippen LogP contribution in [-0.2, 0) is 11.2 Å². The van der Waals surface area contributed by atoms with Crippen molar-refractivity contribution in [2.24, 2.45) is 10.2 Å². The molecule has 0 aliphatic carbocycles. The van der Waals surface area contributed by atoms with Crippen molar-refractivity contribution in [2.75, 3.05) is 0 Å². The monoisotopic (exact) mass is 403 g/mol. The molecule has 7 heteroatoms. The molecule has 3 aromatic rings. The first-order valence-corrected chi connectivity index (χ1v) is 10.1. The van der Waals surface area contributed by atoms with Crippen LogP contribution in [0.2, 0.25) is 0 Å². The van der Waals surface area contributed by atoms with Crippen molar-refractivity contribution in [1.82, 2.24) is 15.5 Å². The van der Waals surface area contributed by atoms with Gasteiger partial charge in [-0.25, -0.2) is 0 Å². The van der Waals surface area contributed by atoms with Crippen LogP contribution in [0.4, 0.5) is 0 Å². The highest BCUT2D eigenvalue weighted by Gasteiger charge is 2.17. The summed E-state index contributed by atoms with van der Waals surface area (Å²) in [6, 6.07) is 14.0. The number of fused-ring (bicyclic) bond motifs is 1. The number of rotatable bonds is 7. The zero-order chi connectivity index (χ0) is 21.1. The minimum atomic E-state index is -0.551. The summed E-state index contributed by atoms with van der Waals surface area (Å²) in [4.78, 5) is 12.0. The van der Waals surface area contributed by atoms with E-state index < -0.39 is 6.10 Å². The molecule has 2 aromatic carbocycles. The van der Waals surface area contributed by atoms with Gasteiger partial charge >= 0.3 is 0 Å². The maximum atomic E-state index is 12.0. The Hall–Kier alpha value is -3.48. The van der Waals surface area contributed by atoms with E-state index in [1.165, 1.54) is 5.56 Å². The molecular formula is C23H25N5O2. The molecule has 1 amide bonds. The molecular weight excluding hydrogens is 378 g/mol. The normalized spacial score (nSPS) is 14.5. The van der Waals surface area contributed by atoms with E-state index in [1.54, 1.807) is 6.92 Å². The highest BCUT2D eigenvalue weighted by molar-refractivity contribution is 6.15. The summed E-state index contributed by atoms with van der Waals surface area (Å²) in [7, 11) is 0. The smallest absolute Gasteiger partial charge is 0.260 e. The SMILES string of the molecule is CC(C)NC(=O)C(C)Oc1ccc(C2=NN=C(Cc3ccc4[nH]ncc4c3)C2)cc1. The number of carbonyl (C=O) groups is 1. The first-order chi connectivity index (χ1) is 14.5. The van der Waals surface area contributed by atoms with Gasteiger partial charge in [-0.05, 0) is 68.3 Å². The van der Waals surface area contributed by atoms with Gasteiger partial charge < -0.3 is 10.1 Å². The Bertz CT molecular complexity index is 1110. The standard InChI is InChI=1S/C23H25N5O2/c1-14(2)25-23(29)15(3)30-20-7-5-17(6-8-20)22-12-19(26-28-22)11-16-4-9-21-18(10-16)13-24-27-21/h4-10,13-15H,11-12H2,1-3H3,(H,24,27)(H,25,29). The van der Waals surface area contributed by atoms with Gasteiger partial charge in [0.25, 0.3) is 5.91 Å². The molecule has 30 heavy (non-hydrogen) atoms. The molecule has 0 bridgehead atoms. The highest BCUT2D eigenvalue weighted by Crippen LogP contribution is 2.20. The van der Waals surface area contributed by atoms with Crippen molar-refractivity contribution in [3.63, 3.8) is 0 Å². The van der Waals surface area contributed by atoms with E-state index in [4.69, 9.17) is 4.74 Å². The maximum absolute atomic E-state index is 12.0. The molecule has 1 aliphatic heterocycles. The zero-order valence-electron chi connectivity index (χ0n) is 17.3. The van der Waals surface area contributed by atoms with Gasteiger partial charge in [0, 0.05) is 24.3 Å². The molecule has 1 unspecified atom stereocenters. The second-order valence-corrected chi connectivity index (χ2v) is 7.81. The van der Waals surface area contributed by atoms with Crippen LogP contribution in [0.3, 0.4) is 0 Å². The van der Waals surface area contributed by atoms with Gasteiger partial charge in [-0.3, -0.25) is 9.89 Å². The lowest BCUT2D eigenvalue weighted by molar-refractivity contribution is -0.127. The Labute approximate surface area is 175 Å². The third-order valence-corrected chi connectivity index (χ3v) is 4.90. The quantitative estimate of drug-likeness (QED) is 0.631. The number of amides is 1. The lowest BCUT2D eigenvalue weighted by Gasteiger charge is -2.16. The van der Waals surface area contributed by atoms with Crippen LogP contribution >= 0.6 is 0 Å². The van der Waals surface area contributed by atoms with Crippen molar-refractivity contribution >= 4 is 28.2 Å². The van der Waals surface area contributed by atoms with Crippen LogP contribution in [0, 0.1) is 0 Å². The van der Waals surface area contributed by atoms with Crippen molar-refractivity contribution < 1.29 is 9.53 Å². The van der Waals surface area contributed by atoms with E-state index in [-0.39, 0.29) is 11.9 Å². The lowest BCUT2D eigenvalue weighted by atomic mass is 10.0. The predicted octanol–water partition coefficient (Wildman–Crippen LogP) is 3.65. The molecule has 0 saturated carbocycles. The van der Waals surface area contributed by atoms with E-state index in [0.717, 1.165) is 40.7 Å². The van der Waals surface area contributed by atoms with Crippen LogP contribution < -0.4 is 10.1 Å². The Kier molecular flexibility index (Phi) is 5.61. The number of nitrogens with one attached hydrogen (secondary N) is 2. The van der Waals surface area contributed by atoms with E-state index >= 15 is 0 Å². The van der Waals surface area contributed by atoms with Crippen molar-refractivity contribution in [3.05, 3.63) is 59.8 Å². The number of carbonyl (C=O) groups excluding carboxylic acids is 1. The average Bonchev–Trinajstić information content (AvgIpc) is 3.37. The van der Waals surface area contributed by atoms with Crippen LogP contribution in [0.1, 0.15) is 38.3 Å². The van der Waals surface area contributed by atoms with Gasteiger partial charge in [0.05, 0.1) is 23.1 Å². The fraction of sp³-hybridized carbons (Fsp3) is 0.304. The first kappa shape index (κ1) is 19.8. The highest BCUT2D eigenvalue weighted by atomic mass is 16.5. The molecule has 1 aliphatic rings. The zero-order valence-corrected chi connectivity index (χ0v) is 17.3. The second kappa shape index (κ2) is 8.49. The molecule has 4 rings (SSSR count). The molecule has 2 N–H and O–H groups in total. The molecule has 0 fully saturated rings. The van der Waals surface area contributed by atoms with Crippen molar-refractivity contribution in [2.45, 2.75) is 45.8 Å². The fourth-order valence-corrected chi connectivity index (χ4v) is 3.38. The van der Waals surface area contributed by atoms with Crippen molar-refractivity contribution in [1.29, 1.82) is 0 Å². The summed E-state index contributed by atoms with van der Waals surface area (Å²) < 4.78 is 5.74. The number of hydrogen-bond acceptors (Lipinski definition) is 5. The number of hydrogen-bond donors (Lipinski definition) is 2. The Balaban J connectivity index is 1.33. The molecule has 1 atom stereocenters. The molecule has 154 valence electrons. The van der Waals surface area contributed by atoms with Crippen LogP contribution in [-0.4, -0.2) is 39.7 Å². The Morgan fingerprint density at radius 1 is 1.13 bits per heavy atom. The minimum Gasteiger partial charge on any atom is -0.481 e. The average molecular weight is 403 g/mol. The van der Waals surface area contributed by atoms with Crippen LogP contribution in [0.25, 0.3) is 10.9 Å². The topological polar surface area (TPSA) is 91.7 Å². The van der Waals surface area contributed by atoms with E-state index in [0.29, 0.717) is 5.75 Å². The number of ether oxygens (including phenoxy) is 1. The van der Waals surface area contributed by atoms with Crippen LogP contribution in [0.5, 0.6) is 5.75 Å². The molecule has 0 spiro atoms. The summed E-state index contributed by atoms with van der Waals surface area (Å²) in [6.07, 6.45) is 2.76. The second-order valence-electron chi connectivity index (χ2n) is 7.81. The van der Waals surface area contributed by atoms with E-state index in [9.17, 15) is 4.79 Å². The summed E-state index contributed by atoms with van der Waals surface area (Å²) in [6.45, 7) is 5.59. The van der Waals surface area contributed by atoms with Gasteiger partial charge in [-0.15, -0.1) is 0 Å². The van der Waals surface area contributed by atoms with E-state index in [2.05, 4.69) is 37.8 Å². The third kappa shape index (κ3) is 4.56. The van der Waals surface area contributed by atoms with Gasteiger partial charge in [-0.2, -0.15) is 15.3 Å². The number of H-pyrrole nitrogens is 1. The van der Waals surface area contributed by atoms with Gasteiger partial charge in [0.1, 0.15) is 5.75 Å².